The van der Waals surface area contributed by atoms with Gasteiger partial charge in [-0.1, -0.05) is 26.0 Å². The molecule has 0 bridgehead atoms. The van der Waals surface area contributed by atoms with Crippen molar-refractivity contribution in [3.63, 3.8) is 0 Å². The summed E-state index contributed by atoms with van der Waals surface area (Å²) >= 11 is 0. The van der Waals surface area contributed by atoms with E-state index in [0.29, 0.717) is 0 Å². The molecule has 1 aromatic carbocycles. The maximum atomic E-state index is 13.8. The molecule has 0 fully saturated rings. The quantitative estimate of drug-likeness (QED) is 0.856. The molecule has 8 heteroatoms. The highest BCUT2D eigenvalue weighted by Gasteiger charge is 2.25. The summed E-state index contributed by atoms with van der Waals surface area (Å²) in [6, 6.07) is 6.62. The van der Waals surface area contributed by atoms with E-state index < -0.39 is 29.3 Å². The minimum absolute atomic E-state index is 0.101. The number of nitrogens with zero attached hydrogens (tertiary/aromatic N) is 2. The Morgan fingerprint density at radius 3 is 2.46 bits per heavy atom. The summed E-state index contributed by atoms with van der Waals surface area (Å²) in [5, 5.41) is 15.3. The molecule has 0 spiro atoms. The van der Waals surface area contributed by atoms with Crippen molar-refractivity contribution in [2.24, 2.45) is 5.92 Å². The van der Waals surface area contributed by atoms with Crippen molar-refractivity contribution in [1.82, 2.24) is 15.1 Å². The number of carboxylic acid groups (broad SMARTS) is 1. The van der Waals surface area contributed by atoms with Crippen LogP contribution in [0.2, 0.25) is 0 Å². The predicted octanol–water partition coefficient (Wildman–Crippen LogP) is 1.21. The topological polar surface area (TPSA) is 101 Å². The van der Waals surface area contributed by atoms with Gasteiger partial charge in [-0.05, 0) is 24.1 Å². The first-order valence-electron chi connectivity index (χ1n) is 7.20. The number of hydrogen-bond acceptors (Lipinski definition) is 4. The Hall–Kier alpha value is -3.03. The van der Waals surface area contributed by atoms with Crippen LogP contribution in [-0.2, 0) is 4.79 Å². The van der Waals surface area contributed by atoms with E-state index in [4.69, 9.17) is 5.11 Å². The van der Waals surface area contributed by atoms with Crippen molar-refractivity contribution in [1.29, 1.82) is 0 Å². The number of para-hydroxylation sites is 1. The van der Waals surface area contributed by atoms with Gasteiger partial charge in [-0.25, -0.2) is 9.18 Å². The van der Waals surface area contributed by atoms with E-state index >= 15 is 0 Å². The van der Waals surface area contributed by atoms with Gasteiger partial charge in [0.15, 0.2) is 0 Å². The van der Waals surface area contributed by atoms with Crippen LogP contribution in [0, 0.1) is 11.7 Å². The van der Waals surface area contributed by atoms with E-state index in [-0.39, 0.29) is 17.3 Å². The Bertz CT molecular complexity index is 832. The van der Waals surface area contributed by atoms with Crippen LogP contribution in [0.1, 0.15) is 24.3 Å². The normalized spacial score (nSPS) is 12.0. The van der Waals surface area contributed by atoms with E-state index in [2.05, 4.69) is 10.4 Å². The zero-order valence-corrected chi connectivity index (χ0v) is 13.1. The molecule has 24 heavy (non-hydrogen) atoms. The summed E-state index contributed by atoms with van der Waals surface area (Å²) in [5.41, 5.74) is -0.907. The van der Waals surface area contributed by atoms with E-state index in [9.17, 15) is 18.8 Å². The maximum absolute atomic E-state index is 13.8. The lowest BCUT2D eigenvalue weighted by Crippen LogP contribution is -2.45. The summed E-state index contributed by atoms with van der Waals surface area (Å²) in [7, 11) is 0. The number of carbonyl (C=O) groups is 2. The fourth-order valence-corrected chi connectivity index (χ4v) is 2.06. The van der Waals surface area contributed by atoms with E-state index in [1.807, 2.05) is 0 Å². The zero-order valence-electron chi connectivity index (χ0n) is 13.1. The lowest BCUT2D eigenvalue weighted by Gasteiger charge is -2.17. The molecule has 126 valence electrons. The van der Waals surface area contributed by atoms with Crippen molar-refractivity contribution in [2.45, 2.75) is 19.9 Å². The van der Waals surface area contributed by atoms with Crippen molar-refractivity contribution in [3.05, 3.63) is 58.3 Å². The van der Waals surface area contributed by atoms with Crippen molar-refractivity contribution >= 4 is 11.9 Å². The molecule has 0 saturated heterocycles. The summed E-state index contributed by atoms with van der Waals surface area (Å²) in [6.45, 7) is 3.29. The first-order chi connectivity index (χ1) is 11.3. The number of amides is 1. The largest absolute Gasteiger partial charge is 0.480 e. The van der Waals surface area contributed by atoms with Gasteiger partial charge < -0.3 is 10.4 Å². The minimum atomic E-state index is -1.18. The van der Waals surface area contributed by atoms with Crippen LogP contribution in [0.25, 0.3) is 5.69 Å². The highest BCUT2D eigenvalue weighted by atomic mass is 19.1. The van der Waals surface area contributed by atoms with Crippen LogP contribution in [0.15, 0.2) is 41.2 Å². The molecule has 7 nitrogen and oxygen atoms in total. The predicted molar refractivity (Wildman–Crippen MR) is 83.5 cm³/mol. The average Bonchev–Trinajstić information content (AvgIpc) is 2.53. The van der Waals surface area contributed by atoms with Crippen LogP contribution in [0.4, 0.5) is 4.39 Å². The molecule has 1 heterocycles. The van der Waals surface area contributed by atoms with Crippen molar-refractivity contribution in [3.8, 4) is 5.69 Å². The fraction of sp³-hybridized carbons (Fsp3) is 0.250. The highest BCUT2D eigenvalue weighted by Crippen LogP contribution is 2.10. The molecule has 0 unspecified atom stereocenters. The fourth-order valence-electron chi connectivity index (χ4n) is 2.06. The lowest BCUT2D eigenvalue weighted by molar-refractivity contribution is -0.140. The van der Waals surface area contributed by atoms with Crippen LogP contribution in [0.5, 0.6) is 0 Å². The number of halogens is 1. The first kappa shape index (κ1) is 17.3. The second-order valence-corrected chi connectivity index (χ2v) is 5.45. The van der Waals surface area contributed by atoms with Crippen molar-refractivity contribution in [2.75, 3.05) is 0 Å². The smallest absolute Gasteiger partial charge is 0.326 e. The number of carbonyl (C=O) groups excluding carboxylic acids is 1. The Morgan fingerprint density at radius 2 is 1.88 bits per heavy atom. The number of benzene rings is 1. The number of rotatable bonds is 5. The van der Waals surface area contributed by atoms with E-state index in [1.54, 1.807) is 13.8 Å². The number of hydrogen-bond donors (Lipinski definition) is 2. The van der Waals surface area contributed by atoms with Gasteiger partial charge >= 0.3 is 5.97 Å². The Kier molecular flexibility index (Phi) is 5.08. The molecule has 0 aliphatic rings. The molecular weight excluding hydrogens is 317 g/mol. The van der Waals surface area contributed by atoms with Crippen LogP contribution >= 0.6 is 0 Å². The Labute approximate surface area is 136 Å². The molecule has 0 aliphatic heterocycles. The van der Waals surface area contributed by atoms with Gasteiger partial charge in [-0.3, -0.25) is 9.59 Å². The van der Waals surface area contributed by atoms with Crippen LogP contribution < -0.4 is 10.9 Å². The highest BCUT2D eigenvalue weighted by molar-refractivity contribution is 5.94. The number of nitrogens with one attached hydrogen (secondary N) is 1. The second kappa shape index (κ2) is 7.03. The van der Waals surface area contributed by atoms with Crippen molar-refractivity contribution < 1.29 is 19.1 Å². The second-order valence-electron chi connectivity index (χ2n) is 5.45. The third kappa shape index (κ3) is 3.65. The van der Waals surface area contributed by atoms with Gasteiger partial charge in [0.25, 0.3) is 11.5 Å². The molecule has 1 atom stereocenters. The minimum Gasteiger partial charge on any atom is -0.480 e. The average molecular weight is 333 g/mol. The molecule has 0 radical (unpaired) electrons. The van der Waals surface area contributed by atoms with Gasteiger partial charge in [-0.2, -0.15) is 9.78 Å². The molecular formula is C16H16FN3O4. The molecule has 0 aliphatic carbocycles. The summed E-state index contributed by atoms with van der Waals surface area (Å²) in [6.07, 6.45) is 0. The van der Waals surface area contributed by atoms with E-state index in [1.165, 1.54) is 18.2 Å². The molecule has 0 saturated carbocycles. The first-order valence-corrected chi connectivity index (χ1v) is 7.20. The van der Waals surface area contributed by atoms with Gasteiger partial charge in [0.2, 0.25) is 0 Å². The van der Waals surface area contributed by atoms with Gasteiger partial charge in [0.1, 0.15) is 23.2 Å². The monoisotopic (exact) mass is 333 g/mol. The lowest BCUT2D eigenvalue weighted by atomic mass is 10.0. The van der Waals surface area contributed by atoms with Gasteiger partial charge in [0.05, 0.1) is 0 Å². The third-order valence-electron chi connectivity index (χ3n) is 3.33. The van der Waals surface area contributed by atoms with Crippen LogP contribution in [0.3, 0.4) is 0 Å². The number of aromatic nitrogens is 2. The molecule has 2 rings (SSSR count). The molecule has 2 aromatic rings. The standard InChI is InChI=1S/C16H16FN3O4/c1-9(2)14(16(23)24)18-15(22)11-7-8-13(21)20(19-11)12-6-4-3-5-10(12)17/h3-9,14H,1-2H3,(H,18,22)(H,23,24)/t14-/m0/s1. The molecule has 1 amide bonds. The summed E-state index contributed by atoms with van der Waals surface area (Å²) in [4.78, 5) is 35.2. The summed E-state index contributed by atoms with van der Waals surface area (Å²) < 4.78 is 14.6. The van der Waals surface area contributed by atoms with E-state index in [0.717, 1.165) is 22.9 Å². The number of aliphatic carboxylic acids is 1. The van der Waals surface area contributed by atoms with Gasteiger partial charge in [0, 0.05) is 6.07 Å². The Morgan fingerprint density at radius 1 is 1.21 bits per heavy atom. The summed E-state index contributed by atoms with van der Waals surface area (Å²) in [5.74, 6) is -2.96. The maximum Gasteiger partial charge on any atom is 0.326 e. The molecule has 2 N–H and O–H groups in total. The molecule has 1 aromatic heterocycles. The number of carboxylic acids is 1. The van der Waals surface area contributed by atoms with Gasteiger partial charge in [-0.15, -0.1) is 0 Å². The third-order valence-corrected chi connectivity index (χ3v) is 3.33. The zero-order chi connectivity index (χ0) is 17.9. The van der Waals surface area contributed by atoms with Crippen LogP contribution in [-0.4, -0.2) is 32.8 Å². The Balaban J connectivity index is 2.38. The SMILES string of the molecule is CC(C)[C@H](NC(=O)c1ccc(=O)n(-c2ccccc2F)n1)C(=O)O.